The van der Waals surface area contributed by atoms with Crippen molar-refractivity contribution in [3.63, 3.8) is 0 Å². The van der Waals surface area contributed by atoms with Gasteiger partial charge in [-0.05, 0) is 33.1 Å². The molecule has 0 aromatic carbocycles. The second-order valence-corrected chi connectivity index (χ2v) is 3.93. The summed E-state index contributed by atoms with van der Waals surface area (Å²) in [5.41, 5.74) is 0. The van der Waals surface area contributed by atoms with Crippen LogP contribution in [0.5, 0.6) is 0 Å². The van der Waals surface area contributed by atoms with Crippen molar-refractivity contribution < 1.29 is 4.74 Å². The van der Waals surface area contributed by atoms with Crippen LogP contribution in [-0.2, 0) is 4.74 Å². The average Bonchev–Trinajstić information content (AvgIpc) is 1.99. The summed E-state index contributed by atoms with van der Waals surface area (Å²) in [6.07, 6.45) is 3.97. The minimum Gasteiger partial charge on any atom is -0.378 e. The van der Waals surface area contributed by atoms with E-state index in [4.69, 9.17) is 4.74 Å². The first-order valence-electron chi connectivity index (χ1n) is 5.10. The van der Waals surface area contributed by atoms with Crippen molar-refractivity contribution in [2.45, 2.75) is 58.2 Å². The van der Waals surface area contributed by atoms with Gasteiger partial charge in [0.25, 0.3) is 0 Å². The highest BCUT2D eigenvalue weighted by Crippen LogP contribution is 2.16. The third kappa shape index (κ3) is 3.11. The monoisotopic (exact) mass is 171 g/mol. The van der Waals surface area contributed by atoms with E-state index in [1.807, 2.05) is 0 Å². The van der Waals surface area contributed by atoms with Gasteiger partial charge in [-0.15, -0.1) is 0 Å². The summed E-state index contributed by atoms with van der Waals surface area (Å²) in [7, 11) is 0. The molecule has 0 amide bonds. The Hall–Kier alpha value is -0.0800. The Morgan fingerprint density at radius 1 is 1.25 bits per heavy atom. The lowest BCUT2D eigenvalue weighted by molar-refractivity contribution is 0.0142. The maximum atomic E-state index is 5.73. The normalized spacial score (nSPS) is 36.8. The summed E-state index contributed by atoms with van der Waals surface area (Å²) in [5, 5.41) is 3.51. The number of piperidine rings is 1. The molecule has 0 aromatic rings. The Labute approximate surface area is 75.7 Å². The van der Waals surface area contributed by atoms with E-state index < -0.39 is 0 Å². The summed E-state index contributed by atoms with van der Waals surface area (Å²) < 4.78 is 5.73. The lowest BCUT2D eigenvalue weighted by atomic mass is 9.98. The van der Waals surface area contributed by atoms with Crippen LogP contribution in [-0.4, -0.2) is 24.8 Å². The van der Waals surface area contributed by atoms with Gasteiger partial charge in [0.05, 0.1) is 6.10 Å². The number of nitrogens with one attached hydrogen (secondary N) is 1. The summed E-state index contributed by atoms with van der Waals surface area (Å²) in [4.78, 5) is 0. The summed E-state index contributed by atoms with van der Waals surface area (Å²) in [5.74, 6) is 0. The van der Waals surface area contributed by atoms with Crippen molar-refractivity contribution in [3.8, 4) is 0 Å². The zero-order valence-corrected chi connectivity index (χ0v) is 8.47. The van der Waals surface area contributed by atoms with E-state index >= 15 is 0 Å². The highest BCUT2D eigenvalue weighted by Gasteiger charge is 2.22. The van der Waals surface area contributed by atoms with Crippen LogP contribution >= 0.6 is 0 Å². The average molecular weight is 171 g/mol. The van der Waals surface area contributed by atoms with Crippen molar-refractivity contribution in [2.75, 3.05) is 6.61 Å². The van der Waals surface area contributed by atoms with Crippen LogP contribution in [0.15, 0.2) is 0 Å². The van der Waals surface area contributed by atoms with Gasteiger partial charge < -0.3 is 10.1 Å². The molecule has 0 aromatic heterocycles. The molecule has 12 heavy (non-hydrogen) atoms. The Balaban J connectivity index is 2.24. The van der Waals surface area contributed by atoms with Gasteiger partial charge in [0.1, 0.15) is 0 Å². The SMILES string of the molecule is CCCOC1CC(C)NC(C)C1. The maximum Gasteiger partial charge on any atom is 0.0604 e. The van der Waals surface area contributed by atoms with Gasteiger partial charge in [0.2, 0.25) is 0 Å². The van der Waals surface area contributed by atoms with E-state index in [9.17, 15) is 0 Å². The molecule has 1 N–H and O–H groups in total. The van der Waals surface area contributed by atoms with Gasteiger partial charge >= 0.3 is 0 Å². The summed E-state index contributed by atoms with van der Waals surface area (Å²) in [6, 6.07) is 1.24. The zero-order valence-electron chi connectivity index (χ0n) is 8.47. The molecule has 1 aliphatic rings. The lowest BCUT2D eigenvalue weighted by Crippen LogP contribution is -2.45. The Morgan fingerprint density at radius 3 is 2.33 bits per heavy atom. The fourth-order valence-electron chi connectivity index (χ4n) is 1.93. The predicted molar refractivity (Wildman–Crippen MR) is 51.3 cm³/mol. The van der Waals surface area contributed by atoms with Gasteiger partial charge in [0, 0.05) is 18.7 Å². The van der Waals surface area contributed by atoms with Crippen LogP contribution in [0.25, 0.3) is 0 Å². The maximum absolute atomic E-state index is 5.73. The molecular weight excluding hydrogens is 150 g/mol. The molecule has 1 heterocycles. The van der Waals surface area contributed by atoms with Crippen LogP contribution < -0.4 is 5.32 Å². The molecule has 0 aliphatic carbocycles. The van der Waals surface area contributed by atoms with E-state index in [0.29, 0.717) is 18.2 Å². The predicted octanol–water partition coefficient (Wildman–Crippen LogP) is 1.94. The Kier molecular flexibility index (Phi) is 4.02. The molecule has 2 atom stereocenters. The van der Waals surface area contributed by atoms with Crippen LogP contribution in [0.2, 0.25) is 0 Å². The molecule has 72 valence electrons. The standard InChI is InChI=1S/C10H21NO/c1-4-5-12-10-6-8(2)11-9(3)7-10/h8-11H,4-7H2,1-3H3. The van der Waals surface area contributed by atoms with Crippen molar-refractivity contribution in [1.29, 1.82) is 0 Å². The Morgan fingerprint density at radius 2 is 1.83 bits per heavy atom. The second-order valence-electron chi connectivity index (χ2n) is 3.93. The Bertz CT molecular complexity index is 117. The number of hydrogen-bond donors (Lipinski definition) is 1. The molecule has 2 nitrogen and oxygen atoms in total. The molecular formula is C10H21NO. The van der Waals surface area contributed by atoms with Gasteiger partial charge in [-0.3, -0.25) is 0 Å². The molecule has 1 fully saturated rings. The fraction of sp³-hybridized carbons (Fsp3) is 1.00. The van der Waals surface area contributed by atoms with Crippen molar-refractivity contribution >= 4 is 0 Å². The fourth-order valence-corrected chi connectivity index (χ4v) is 1.93. The molecule has 0 spiro atoms. The van der Waals surface area contributed by atoms with Gasteiger partial charge in [-0.25, -0.2) is 0 Å². The third-order valence-corrected chi connectivity index (χ3v) is 2.36. The summed E-state index contributed by atoms with van der Waals surface area (Å²) >= 11 is 0. The van der Waals surface area contributed by atoms with Crippen LogP contribution in [0.1, 0.15) is 40.0 Å². The highest BCUT2D eigenvalue weighted by molar-refractivity contribution is 4.81. The quantitative estimate of drug-likeness (QED) is 0.700. The van der Waals surface area contributed by atoms with Crippen LogP contribution in [0.3, 0.4) is 0 Å². The number of ether oxygens (including phenoxy) is 1. The molecule has 1 saturated heterocycles. The van der Waals surface area contributed by atoms with Gasteiger partial charge in [-0.1, -0.05) is 6.92 Å². The molecule has 1 rings (SSSR count). The number of hydrogen-bond acceptors (Lipinski definition) is 2. The smallest absolute Gasteiger partial charge is 0.0604 e. The molecule has 2 heteroatoms. The van der Waals surface area contributed by atoms with Gasteiger partial charge in [0.15, 0.2) is 0 Å². The van der Waals surface area contributed by atoms with Crippen molar-refractivity contribution in [2.24, 2.45) is 0 Å². The largest absolute Gasteiger partial charge is 0.378 e. The molecule has 1 aliphatic heterocycles. The van der Waals surface area contributed by atoms with Crippen LogP contribution in [0, 0.1) is 0 Å². The van der Waals surface area contributed by atoms with E-state index in [1.54, 1.807) is 0 Å². The molecule has 2 unspecified atom stereocenters. The molecule has 0 bridgehead atoms. The lowest BCUT2D eigenvalue weighted by Gasteiger charge is -2.32. The first-order valence-corrected chi connectivity index (χ1v) is 5.10. The topological polar surface area (TPSA) is 21.3 Å². The minimum absolute atomic E-state index is 0.496. The van der Waals surface area contributed by atoms with Crippen molar-refractivity contribution in [3.05, 3.63) is 0 Å². The number of rotatable bonds is 3. The third-order valence-electron chi connectivity index (χ3n) is 2.36. The zero-order chi connectivity index (χ0) is 8.97. The van der Waals surface area contributed by atoms with E-state index in [2.05, 4.69) is 26.1 Å². The minimum atomic E-state index is 0.496. The first kappa shape index (κ1) is 10.0. The van der Waals surface area contributed by atoms with Gasteiger partial charge in [-0.2, -0.15) is 0 Å². The molecule has 0 saturated carbocycles. The second kappa shape index (κ2) is 4.83. The highest BCUT2D eigenvalue weighted by atomic mass is 16.5. The molecule has 0 radical (unpaired) electrons. The summed E-state index contributed by atoms with van der Waals surface area (Å²) in [6.45, 7) is 7.55. The van der Waals surface area contributed by atoms with Crippen molar-refractivity contribution in [1.82, 2.24) is 5.32 Å². The van der Waals surface area contributed by atoms with E-state index in [-0.39, 0.29) is 0 Å². The van der Waals surface area contributed by atoms with E-state index in [1.165, 1.54) is 12.8 Å². The van der Waals surface area contributed by atoms with E-state index in [0.717, 1.165) is 13.0 Å². The van der Waals surface area contributed by atoms with Crippen LogP contribution in [0.4, 0.5) is 0 Å². The first-order chi connectivity index (χ1) is 5.72.